The lowest BCUT2D eigenvalue weighted by molar-refractivity contribution is -0.181. The first-order chi connectivity index (χ1) is 10.2. The second-order valence-electron chi connectivity index (χ2n) is 4.87. The molecular formula is C16H10ClNO3. The molecule has 4 nitrogen and oxygen atoms in total. The summed E-state index contributed by atoms with van der Waals surface area (Å²) in [6.07, 6.45) is 1.76. The van der Waals surface area contributed by atoms with E-state index in [2.05, 4.69) is 5.48 Å². The number of halogens is 1. The fourth-order valence-electron chi connectivity index (χ4n) is 2.55. The summed E-state index contributed by atoms with van der Waals surface area (Å²) >= 11 is 5.88. The minimum Gasteiger partial charge on any atom is -0.419 e. The van der Waals surface area contributed by atoms with Gasteiger partial charge in [-0.2, -0.15) is 0 Å². The lowest BCUT2D eigenvalue weighted by Gasteiger charge is -2.18. The Morgan fingerprint density at radius 2 is 1.81 bits per heavy atom. The Morgan fingerprint density at radius 1 is 1.05 bits per heavy atom. The van der Waals surface area contributed by atoms with E-state index in [1.165, 1.54) is 0 Å². The van der Waals surface area contributed by atoms with E-state index in [1.807, 2.05) is 24.3 Å². The molecule has 2 aliphatic rings. The van der Waals surface area contributed by atoms with Gasteiger partial charge in [-0.25, -0.2) is 9.63 Å². The Labute approximate surface area is 125 Å². The van der Waals surface area contributed by atoms with Crippen molar-refractivity contribution in [2.45, 2.75) is 5.79 Å². The molecule has 21 heavy (non-hydrogen) atoms. The second kappa shape index (κ2) is 4.35. The first-order valence-corrected chi connectivity index (χ1v) is 6.81. The van der Waals surface area contributed by atoms with Crippen molar-refractivity contribution in [2.75, 3.05) is 0 Å². The summed E-state index contributed by atoms with van der Waals surface area (Å²) in [6, 6.07) is 14.5. The maximum atomic E-state index is 11.9. The van der Waals surface area contributed by atoms with Crippen LogP contribution in [0.2, 0.25) is 5.02 Å². The summed E-state index contributed by atoms with van der Waals surface area (Å²) in [5.41, 5.74) is 5.68. The molecule has 0 saturated carbocycles. The zero-order chi connectivity index (χ0) is 14.4. The van der Waals surface area contributed by atoms with E-state index in [0.29, 0.717) is 16.1 Å². The molecule has 0 saturated heterocycles. The second-order valence-corrected chi connectivity index (χ2v) is 5.31. The summed E-state index contributed by atoms with van der Waals surface area (Å²) in [7, 11) is 0. The van der Waals surface area contributed by atoms with E-state index in [1.54, 1.807) is 30.3 Å². The zero-order valence-corrected chi connectivity index (χ0v) is 11.6. The molecule has 1 atom stereocenters. The fourth-order valence-corrected chi connectivity index (χ4v) is 2.67. The Kier molecular flexibility index (Phi) is 2.58. The molecule has 0 radical (unpaired) electrons. The molecule has 2 aromatic rings. The normalized spacial score (nSPS) is 22.7. The Morgan fingerprint density at radius 3 is 2.62 bits per heavy atom. The third-order valence-electron chi connectivity index (χ3n) is 3.57. The largest absolute Gasteiger partial charge is 0.419 e. The quantitative estimate of drug-likeness (QED) is 0.821. The summed E-state index contributed by atoms with van der Waals surface area (Å²) in [5, 5.41) is 0.658. The van der Waals surface area contributed by atoms with Gasteiger partial charge in [-0.1, -0.05) is 41.9 Å². The van der Waals surface area contributed by atoms with Crippen LogP contribution >= 0.6 is 11.6 Å². The summed E-state index contributed by atoms with van der Waals surface area (Å²) < 4.78 is 5.43. The van der Waals surface area contributed by atoms with Crippen LogP contribution in [-0.4, -0.2) is 5.97 Å². The van der Waals surface area contributed by atoms with Crippen molar-refractivity contribution in [1.82, 2.24) is 5.48 Å². The average molecular weight is 300 g/mol. The molecule has 0 bridgehead atoms. The molecule has 0 aliphatic carbocycles. The van der Waals surface area contributed by atoms with Gasteiger partial charge in [0.15, 0.2) is 0 Å². The van der Waals surface area contributed by atoms with Crippen molar-refractivity contribution >= 4 is 23.3 Å². The van der Waals surface area contributed by atoms with Gasteiger partial charge in [0.25, 0.3) is 5.79 Å². The monoisotopic (exact) mass is 299 g/mol. The van der Waals surface area contributed by atoms with Gasteiger partial charge in [-0.15, -0.1) is 0 Å². The van der Waals surface area contributed by atoms with Crippen LogP contribution in [0.15, 0.2) is 54.6 Å². The van der Waals surface area contributed by atoms with Gasteiger partial charge in [-0.05, 0) is 23.8 Å². The highest BCUT2D eigenvalue weighted by Gasteiger charge is 2.49. The third kappa shape index (κ3) is 1.84. The zero-order valence-electron chi connectivity index (χ0n) is 10.8. The number of carbonyl (C=O) groups excluding carboxylic acids is 1. The van der Waals surface area contributed by atoms with Gasteiger partial charge in [-0.3, -0.25) is 5.48 Å². The Balaban J connectivity index is 1.79. The first kappa shape index (κ1) is 12.4. The van der Waals surface area contributed by atoms with Crippen LogP contribution in [-0.2, 0) is 15.4 Å². The summed E-state index contributed by atoms with van der Waals surface area (Å²) in [5.74, 6) is -1.58. The minimum absolute atomic E-state index is 0.388. The third-order valence-corrected chi connectivity index (χ3v) is 3.82. The van der Waals surface area contributed by atoms with E-state index in [-0.39, 0.29) is 5.97 Å². The molecule has 1 unspecified atom stereocenters. The Bertz CT molecular complexity index is 769. The number of nitrogens with one attached hydrogen (secondary N) is 1. The molecule has 5 heteroatoms. The van der Waals surface area contributed by atoms with Crippen LogP contribution in [0.1, 0.15) is 21.5 Å². The molecule has 2 aromatic carbocycles. The molecule has 4 rings (SSSR count). The van der Waals surface area contributed by atoms with E-state index in [9.17, 15) is 4.79 Å². The number of rotatable bonds is 1. The number of esters is 1. The van der Waals surface area contributed by atoms with Crippen molar-refractivity contribution in [1.29, 1.82) is 0 Å². The van der Waals surface area contributed by atoms with Gasteiger partial charge >= 0.3 is 5.97 Å². The van der Waals surface area contributed by atoms with E-state index in [0.717, 1.165) is 11.3 Å². The van der Waals surface area contributed by atoms with E-state index < -0.39 is 5.79 Å². The van der Waals surface area contributed by atoms with Crippen LogP contribution in [0.4, 0.5) is 0 Å². The molecule has 104 valence electrons. The van der Waals surface area contributed by atoms with Crippen molar-refractivity contribution in [2.24, 2.45) is 0 Å². The Hall–Kier alpha value is -2.30. The fraction of sp³-hybridized carbons (Fsp3) is 0.0625. The summed E-state index contributed by atoms with van der Waals surface area (Å²) in [6.45, 7) is 0. The molecule has 1 N–H and O–H groups in total. The first-order valence-electron chi connectivity index (χ1n) is 6.44. The van der Waals surface area contributed by atoms with E-state index in [4.69, 9.17) is 21.2 Å². The number of hydrogen-bond acceptors (Lipinski definition) is 4. The minimum atomic E-state index is -1.19. The van der Waals surface area contributed by atoms with Crippen LogP contribution in [0, 0.1) is 0 Å². The molecule has 0 amide bonds. The number of carbonyl (C=O) groups is 1. The van der Waals surface area contributed by atoms with Crippen LogP contribution in [0.25, 0.3) is 5.70 Å². The highest BCUT2D eigenvalue weighted by atomic mass is 35.5. The molecule has 2 aliphatic heterocycles. The van der Waals surface area contributed by atoms with Crippen molar-refractivity contribution < 1.29 is 14.4 Å². The maximum absolute atomic E-state index is 11.9. The van der Waals surface area contributed by atoms with Crippen molar-refractivity contribution in [3.05, 3.63) is 76.3 Å². The van der Waals surface area contributed by atoms with Crippen molar-refractivity contribution in [3.63, 3.8) is 0 Å². The number of ether oxygens (including phenoxy) is 1. The number of hydrogen-bond donors (Lipinski definition) is 1. The number of benzene rings is 2. The number of hydroxylamine groups is 1. The van der Waals surface area contributed by atoms with Crippen LogP contribution < -0.4 is 5.48 Å². The predicted octanol–water partition coefficient (Wildman–Crippen LogP) is 3.24. The van der Waals surface area contributed by atoms with Gasteiger partial charge in [0.05, 0.1) is 11.3 Å². The average Bonchev–Trinajstić information content (AvgIpc) is 3.04. The molecule has 0 aromatic heterocycles. The molecule has 1 spiro atoms. The highest BCUT2D eigenvalue weighted by Crippen LogP contribution is 2.42. The SMILES string of the molecule is O=C1OC2(C=C(c3ccc(Cl)cc3)NO2)c2ccccc21. The van der Waals surface area contributed by atoms with Gasteiger partial charge < -0.3 is 4.74 Å². The summed E-state index contributed by atoms with van der Waals surface area (Å²) in [4.78, 5) is 17.5. The van der Waals surface area contributed by atoms with Crippen LogP contribution in [0.3, 0.4) is 0 Å². The van der Waals surface area contributed by atoms with Gasteiger partial charge in [0, 0.05) is 16.7 Å². The van der Waals surface area contributed by atoms with Crippen molar-refractivity contribution in [3.8, 4) is 0 Å². The molecular weight excluding hydrogens is 290 g/mol. The van der Waals surface area contributed by atoms with Gasteiger partial charge in [0.2, 0.25) is 0 Å². The molecule has 2 heterocycles. The van der Waals surface area contributed by atoms with Gasteiger partial charge in [0.1, 0.15) is 0 Å². The number of fused-ring (bicyclic) bond motifs is 2. The highest BCUT2D eigenvalue weighted by molar-refractivity contribution is 6.30. The lowest BCUT2D eigenvalue weighted by atomic mass is 10.0. The van der Waals surface area contributed by atoms with E-state index >= 15 is 0 Å². The smallest absolute Gasteiger partial charge is 0.341 e. The molecule has 0 fully saturated rings. The topological polar surface area (TPSA) is 47.6 Å². The van der Waals surface area contributed by atoms with Crippen LogP contribution in [0.5, 0.6) is 0 Å². The lowest BCUT2D eigenvalue weighted by Crippen LogP contribution is -2.26. The maximum Gasteiger partial charge on any atom is 0.341 e. The predicted molar refractivity (Wildman–Crippen MR) is 77.2 cm³/mol. The standard InChI is InChI=1S/C16H10ClNO3/c17-11-7-5-10(6-8-11)14-9-16(21-18-14)13-4-2-1-3-12(13)15(19)20-16/h1-9,18H.